The maximum atomic E-state index is 13.4. The fourth-order valence-corrected chi connectivity index (χ4v) is 3.62. The molecule has 0 unspecified atom stereocenters. The van der Waals surface area contributed by atoms with Crippen molar-refractivity contribution < 1.29 is 23.5 Å². The second-order valence-electron chi connectivity index (χ2n) is 6.25. The summed E-state index contributed by atoms with van der Waals surface area (Å²) < 4.78 is 24.2. The van der Waals surface area contributed by atoms with E-state index in [0.29, 0.717) is 34.3 Å². The van der Waals surface area contributed by atoms with E-state index in [0.717, 1.165) is 22.2 Å². The van der Waals surface area contributed by atoms with Crippen molar-refractivity contribution in [1.82, 2.24) is 4.90 Å². The molecule has 1 saturated heterocycles. The molecule has 0 aliphatic carbocycles. The SMILES string of the molecule is CCOc1ccc(/C=C2\SC(=O)N(CNc3cc(F)ccc3C)C2=O)cc1OC. The number of nitrogens with one attached hydrogen (secondary N) is 1. The Morgan fingerprint density at radius 3 is 2.69 bits per heavy atom. The van der Waals surface area contributed by atoms with Gasteiger partial charge in [0.25, 0.3) is 11.1 Å². The van der Waals surface area contributed by atoms with E-state index in [1.807, 2.05) is 13.8 Å². The molecule has 1 N–H and O–H groups in total. The number of rotatable bonds is 7. The van der Waals surface area contributed by atoms with Gasteiger partial charge in [-0.05, 0) is 67.1 Å². The molecule has 0 radical (unpaired) electrons. The van der Waals surface area contributed by atoms with Gasteiger partial charge >= 0.3 is 0 Å². The minimum absolute atomic E-state index is 0.0428. The van der Waals surface area contributed by atoms with Crippen LogP contribution in [0.15, 0.2) is 41.3 Å². The van der Waals surface area contributed by atoms with Crippen LogP contribution in [-0.4, -0.2) is 36.4 Å². The van der Waals surface area contributed by atoms with Crippen molar-refractivity contribution in [3.63, 3.8) is 0 Å². The molecule has 0 saturated carbocycles. The molecule has 29 heavy (non-hydrogen) atoms. The largest absolute Gasteiger partial charge is 0.493 e. The number of hydrogen-bond acceptors (Lipinski definition) is 6. The monoisotopic (exact) mass is 416 g/mol. The topological polar surface area (TPSA) is 67.9 Å². The van der Waals surface area contributed by atoms with Crippen LogP contribution in [0, 0.1) is 12.7 Å². The molecule has 0 atom stereocenters. The molecule has 0 spiro atoms. The third-order valence-electron chi connectivity index (χ3n) is 4.29. The Balaban J connectivity index is 1.75. The van der Waals surface area contributed by atoms with Gasteiger partial charge in [0.15, 0.2) is 11.5 Å². The first-order valence-electron chi connectivity index (χ1n) is 8.99. The van der Waals surface area contributed by atoms with Gasteiger partial charge in [-0.1, -0.05) is 12.1 Å². The third-order valence-corrected chi connectivity index (χ3v) is 5.19. The number of anilines is 1. The number of hydrogen-bond donors (Lipinski definition) is 1. The van der Waals surface area contributed by atoms with E-state index in [9.17, 15) is 14.0 Å². The van der Waals surface area contributed by atoms with Gasteiger partial charge in [0.2, 0.25) is 0 Å². The molecule has 0 aromatic heterocycles. The van der Waals surface area contributed by atoms with Crippen molar-refractivity contribution in [2.24, 2.45) is 0 Å². The van der Waals surface area contributed by atoms with Gasteiger partial charge in [0.05, 0.1) is 25.3 Å². The highest BCUT2D eigenvalue weighted by atomic mass is 32.2. The zero-order valence-electron chi connectivity index (χ0n) is 16.3. The number of halogens is 1. The van der Waals surface area contributed by atoms with Crippen molar-refractivity contribution >= 4 is 34.7 Å². The average Bonchev–Trinajstić information content (AvgIpc) is 2.96. The predicted octanol–water partition coefficient (Wildman–Crippen LogP) is 4.65. The predicted molar refractivity (Wildman–Crippen MR) is 112 cm³/mol. The highest BCUT2D eigenvalue weighted by Crippen LogP contribution is 2.34. The Hall–Kier alpha value is -3.00. The highest BCUT2D eigenvalue weighted by Gasteiger charge is 2.34. The molecule has 1 aliphatic heterocycles. The summed E-state index contributed by atoms with van der Waals surface area (Å²) in [4.78, 5) is 26.3. The number of carbonyl (C=O) groups excluding carboxylic acids is 2. The quantitative estimate of drug-likeness (QED) is 0.663. The normalized spacial score (nSPS) is 15.2. The molecule has 2 amide bonds. The van der Waals surface area contributed by atoms with Gasteiger partial charge in [-0.2, -0.15) is 0 Å². The lowest BCUT2D eigenvalue weighted by atomic mass is 10.2. The molecule has 1 fully saturated rings. The Morgan fingerprint density at radius 2 is 1.97 bits per heavy atom. The molecule has 2 aromatic carbocycles. The van der Waals surface area contributed by atoms with E-state index in [1.54, 1.807) is 30.3 Å². The van der Waals surface area contributed by atoms with E-state index in [2.05, 4.69) is 5.32 Å². The number of carbonyl (C=O) groups is 2. The van der Waals surface area contributed by atoms with Crippen LogP contribution in [0.5, 0.6) is 11.5 Å². The standard InChI is InChI=1S/C21H21FN2O4S/c1-4-28-17-8-6-14(9-18(17)27-3)10-19-20(25)24(21(26)29-19)12-23-16-11-15(22)7-5-13(16)2/h5-11,23H,4,12H2,1-3H3/b19-10-. The number of ether oxygens (including phenoxy) is 2. The summed E-state index contributed by atoms with van der Waals surface area (Å²) >= 11 is 0.859. The smallest absolute Gasteiger partial charge is 0.295 e. The van der Waals surface area contributed by atoms with E-state index >= 15 is 0 Å². The number of aryl methyl sites for hydroxylation is 1. The molecule has 0 bridgehead atoms. The Morgan fingerprint density at radius 1 is 1.17 bits per heavy atom. The first kappa shape index (κ1) is 20.7. The van der Waals surface area contributed by atoms with Gasteiger partial charge in [0, 0.05) is 5.69 Å². The lowest BCUT2D eigenvalue weighted by Crippen LogP contribution is -2.33. The molecule has 1 heterocycles. The summed E-state index contributed by atoms with van der Waals surface area (Å²) in [5.41, 5.74) is 2.06. The molecule has 8 heteroatoms. The van der Waals surface area contributed by atoms with Crippen LogP contribution >= 0.6 is 11.8 Å². The highest BCUT2D eigenvalue weighted by molar-refractivity contribution is 8.18. The van der Waals surface area contributed by atoms with Crippen molar-refractivity contribution in [3.05, 3.63) is 58.2 Å². The van der Waals surface area contributed by atoms with Crippen molar-refractivity contribution in [1.29, 1.82) is 0 Å². The molecular formula is C21H21FN2O4S. The average molecular weight is 416 g/mol. The summed E-state index contributed by atoms with van der Waals surface area (Å²) in [7, 11) is 1.54. The molecule has 2 aromatic rings. The van der Waals surface area contributed by atoms with Crippen LogP contribution in [0.1, 0.15) is 18.1 Å². The minimum Gasteiger partial charge on any atom is -0.493 e. The zero-order chi connectivity index (χ0) is 21.0. The molecule has 6 nitrogen and oxygen atoms in total. The van der Waals surface area contributed by atoms with Crippen LogP contribution in [-0.2, 0) is 4.79 Å². The van der Waals surface area contributed by atoms with Crippen LogP contribution in [0.25, 0.3) is 6.08 Å². The van der Waals surface area contributed by atoms with Gasteiger partial charge in [-0.3, -0.25) is 14.5 Å². The van der Waals surface area contributed by atoms with Crippen LogP contribution < -0.4 is 14.8 Å². The van der Waals surface area contributed by atoms with Gasteiger partial charge < -0.3 is 14.8 Å². The molecule has 1 aliphatic rings. The second-order valence-corrected chi connectivity index (χ2v) is 7.24. The van der Waals surface area contributed by atoms with Crippen molar-refractivity contribution in [2.45, 2.75) is 13.8 Å². The molecule has 3 rings (SSSR count). The van der Waals surface area contributed by atoms with Gasteiger partial charge in [0.1, 0.15) is 5.82 Å². The van der Waals surface area contributed by atoms with E-state index in [1.165, 1.54) is 19.2 Å². The van der Waals surface area contributed by atoms with Crippen molar-refractivity contribution in [2.75, 3.05) is 25.7 Å². The van der Waals surface area contributed by atoms with Crippen molar-refractivity contribution in [3.8, 4) is 11.5 Å². The summed E-state index contributed by atoms with van der Waals surface area (Å²) in [5.74, 6) is 0.351. The van der Waals surface area contributed by atoms with Crippen LogP contribution in [0.3, 0.4) is 0 Å². The van der Waals surface area contributed by atoms with E-state index < -0.39 is 11.7 Å². The summed E-state index contributed by atoms with van der Waals surface area (Å²) in [6.45, 7) is 4.16. The fourth-order valence-electron chi connectivity index (χ4n) is 2.79. The second kappa shape index (κ2) is 9.00. The zero-order valence-corrected chi connectivity index (χ0v) is 17.1. The van der Waals surface area contributed by atoms with E-state index in [-0.39, 0.29) is 11.9 Å². The first-order chi connectivity index (χ1) is 13.9. The van der Waals surface area contributed by atoms with Crippen LogP contribution in [0.2, 0.25) is 0 Å². The maximum absolute atomic E-state index is 13.4. The number of nitrogens with zero attached hydrogens (tertiary/aromatic N) is 1. The number of imide groups is 1. The number of amides is 2. The minimum atomic E-state index is -0.408. The molecular weight excluding hydrogens is 395 g/mol. The summed E-state index contributed by atoms with van der Waals surface area (Å²) in [6, 6.07) is 9.60. The first-order valence-corrected chi connectivity index (χ1v) is 9.80. The third kappa shape index (κ3) is 4.71. The Bertz CT molecular complexity index is 977. The lowest BCUT2D eigenvalue weighted by Gasteiger charge is -2.16. The Labute approximate surface area is 172 Å². The van der Waals surface area contributed by atoms with Gasteiger partial charge in [-0.25, -0.2) is 4.39 Å². The lowest BCUT2D eigenvalue weighted by molar-refractivity contribution is -0.122. The number of thioether (sulfide) groups is 1. The fraction of sp³-hybridized carbons (Fsp3) is 0.238. The van der Waals surface area contributed by atoms with E-state index in [4.69, 9.17) is 9.47 Å². The summed E-state index contributed by atoms with van der Waals surface area (Å²) in [5, 5.41) is 2.56. The Kier molecular flexibility index (Phi) is 6.43. The van der Waals surface area contributed by atoms with Gasteiger partial charge in [-0.15, -0.1) is 0 Å². The maximum Gasteiger partial charge on any atom is 0.295 e. The number of methoxy groups -OCH3 is 1. The summed E-state index contributed by atoms with van der Waals surface area (Å²) in [6.07, 6.45) is 1.64. The van der Waals surface area contributed by atoms with Crippen LogP contribution in [0.4, 0.5) is 14.9 Å². The molecule has 152 valence electrons. The number of benzene rings is 2.